The van der Waals surface area contributed by atoms with Crippen LogP contribution in [0.1, 0.15) is 34.0 Å². The minimum Gasteiger partial charge on any atom is -0.322 e. The average molecular weight is 409 g/mol. The van der Waals surface area contributed by atoms with Gasteiger partial charge in [0.2, 0.25) is 0 Å². The minimum absolute atomic E-state index is 0.0791. The zero-order valence-electron chi connectivity index (χ0n) is 16.7. The van der Waals surface area contributed by atoms with Crippen molar-refractivity contribution in [3.63, 3.8) is 0 Å². The van der Waals surface area contributed by atoms with Crippen LogP contribution in [-0.4, -0.2) is 14.3 Å². The normalized spacial score (nSPS) is 11.1. The number of rotatable bonds is 6. The van der Waals surface area contributed by atoms with E-state index in [1.54, 1.807) is 37.3 Å². The predicted octanol–water partition coefficient (Wildman–Crippen LogP) is 4.92. The SMILES string of the molecule is CCc1ccccc1NC(=O)c1ccc(C)c(S(=O)(=O)Nc2cccc(C)c2)c1. The number of hydrogen-bond donors (Lipinski definition) is 2. The van der Waals surface area contributed by atoms with Crippen molar-refractivity contribution in [2.45, 2.75) is 32.1 Å². The molecule has 150 valence electrons. The molecule has 2 N–H and O–H groups in total. The predicted molar refractivity (Wildman–Crippen MR) is 117 cm³/mol. The van der Waals surface area contributed by atoms with Crippen LogP contribution in [0.3, 0.4) is 0 Å². The Kier molecular flexibility index (Phi) is 6.03. The monoisotopic (exact) mass is 408 g/mol. The molecule has 0 heterocycles. The van der Waals surface area contributed by atoms with E-state index in [-0.39, 0.29) is 16.4 Å². The van der Waals surface area contributed by atoms with Crippen molar-refractivity contribution in [2.24, 2.45) is 0 Å². The summed E-state index contributed by atoms with van der Waals surface area (Å²) in [7, 11) is -3.83. The van der Waals surface area contributed by atoms with Gasteiger partial charge in [-0.1, -0.05) is 43.3 Å². The molecule has 0 saturated heterocycles. The van der Waals surface area contributed by atoms with E-state index in [1.165, 1.54) is 6.07 Å². The highest BCUT2D eigenvalue weighted by Crippen LogP contribution is 2.23. The summed E-state index contributed by atoms with van der Waals surface area (Å²) >= 11 is 0. The highest BCUT2D eigenvalue weighted by Gasteiger charge is 2.20. The van der Waals surface area contributed by atoms with E-state index < -0.39 is 10.0 Å². The molecule has 0 saturated carbocycles. The number of amides is 1. The van der Waals surface area contributed by atoms with Gasteiger partial charge in [0.05, 0.1) is 4.90 Å². The maximum atomic E-state index is 12.9. The molecule has 0 atom stereocenters. The lowest BCUT2D eigenvalue weighted by Crippen LogP contribution is -2.17. The van der Waals surface area contributed by atoms with Gasteiger partial charge in [0, 0.05) is 16.9 Å². The summed E-state index contributed by atoms with van der Waals surface area (Å²) in [6.07, 6.45) is 0.782. The molecular formula is C23H24N2O3S. The van der Waals surface area contributed by atoms with Crippen LogP contribution in [0.4, 0.5) is 11.4 Å². The molecule has 1 amide bonds. The standard InChI is InChI=1S/C23H24N2O3S/c1-4-18-9-5-6-11-21(18)24-23(26)19-13-12-17(3)22(15-19)29(27,28)25-20-10-7-8-16(2)14-20/h5-15,25H,4H2,1-3H3,(H,24,26). The molecular weight excluding hydrogens is 384 g/mol. The van der Waals surface area contributed by atoms with Crippen LogP contribution in [0, 0.1) is 13.8 Å². The number of hydrogen-bond acceptors (Lipinski definition) is 3. The third-order valence-electron chi connectivity index (χ3n) is 4.66. The van der Waals surface area contributed by atoms with Gasteiger partial charge < -0.3 is 5.32 Å². The molecule has 0 spiro atoms. The first-order chi connectivity index (χ1) is 13.8. The molecule has 3 aromatic rings. The van der Waals surface area contributed by atoms with Crippen LogP contribution >= 0.6 is 0 Å². The maximum Gasteiger partial charge on any atom is 0.262 e. The first-order valence-electron chi connectivity index (χ1n) is 9.39. The van der Waals surface area contributed by atoms with Crippen molar-refractivity contribution in [3.8, 4) is 0 Å². The highest BCUT2D eigenvalue weighted by atomic mass is 32.2. The third-order valence-corrected chi connectivity index (χ3v) is 6.18. The van der Waals surface area contributed by atoms with Crippen LogP contribution in [0.15, 0.2) is 71.6 Å². The fourth-order valence-corrected chi connectivity index (χ4v) is 4.42. The van der Waals surface area contributed by atoms with Crippen LogP contribution in [0.25, 0.3) is 0 Å². The third kappa shape index (κ3) is 4.84. The van der Waals surface area contributed by atoms with E-state index >= 15 is 0 Å². The quantitative estimate of drug-likeness (QED) is 0.608. The van der Waals surface area contributed by atoms with Crippen LogP contribution < -0.4 is 10.0 Å². The molecule has 0 aromatic heterocycles. The van der Waals surface area contributed by atoms with Gasteiger partial charge in [-0.2, -0.15) is 0 Å². The van der Waals surface area contributed by atoms with Crippen LogP contribution in [0.5, 0.6) is 0 Å². The molecule has 0 fully saturated rings. The van der Waals surface area contributed by atoms with E-state index in [0.717, 1.165) is 23.2 Å². The van der Waals surface area contributed by atoms with E-state index in [9.17, 15) is 13.2 Å². The number of carbonyl (C=O) groups is 1. The number of para-hydroxylation sites is 1. The second kappa shape index (κ2) is 8.49. The number of anilines is 2. The largest absolute Gasteiger partial charge is 0.322 e. The van der Waals surface area contributed by atoms with Gasteiger partial charge in [-0.15, -0.1) is 0 Å². The fraction of sp³-hybridized carbons (Fsp3) is 0.174. The summed E-state index contributed by atoms with van der Waals surface area (Å²) in [5, 5.41) is 2.88. The number of nitrogens with one attached hydrogen (secondary N) is 2. The Morgan fingerprint density at radius 1 is 0.931 bits per heavy atom. The summed E-state index contributed by atoms with van der Waals surface area (Å²) in [6.45, 7) is 5.61. The lowest BCUT2D eigenvalue weighted by atomic mass is 10.1. The van der Waals surface area contributed by atoms with Gasteiger partial charge in [-0.3, -0.25) is 9.52 Å². The molecule has 0 aliphatic rings. The minimum atomic E-state index is -3.83. The molecule has 0 bridgehead atoms. The van der Waals surface area contributed by atoms with Gasteiger partial charge in [-0.25, -0.2) is 8.42 Å². The van der Waals surface area contributed by atoms with Crippen molar-refractivity contribution in [1.82, 2.24) is 0 Å². The van der Waals surface area contributed by atoms with Gasteiger partial charge in [0.1, 0.15) is 0 Å². The van der Waals surface area contributed by atoms with Crippen molar-refractivity contribution < 1.29 is 13.2 Å². The Bertz CT molecular complexity index is 1150. The van der Waals surface area contributed by atoms with Gasteiger partial charge >= 0.3 is 0 Å². The molecule has 3 aromatic carbocycles. The topological polar surface area (TPSA) is 75.3 Å². The molecule has 29 heavy (non-hydrogen) atoms. The first kappa shape index (κ1) is 20.6. The molecule has 0 unspecified atom stereocenters. The summed E-state index contributed by atoms with van der Waals surface area (Å²) in [5.41, 5.74) is 4.02. The first-order valence-corrected chi connectivity index (χ1v) is 10.9. The lowest BCUT2D eigenvalue weighted by molar-refractivity contribution is 0.102. The molecule has 0 aliphatic carbocycles. The van der Waals surface area contributed by atoms with E-state index in [4.69, 9.17) is 0 Å². The van der Waals surface area contributed by atoms with E-state index in [0.29, 0.717) is 11.3 Å². The van der Waals surface area contributed by atoms with Gasteiger partial charge in [-0.05, 0) is 67.3 Å². The number of aryl methyl sites for hydroxylation is 3. The Morgan fingerprint density at radius 2 is 1.69 bits per heavy atom. The van der Waals surface area contributed by atoms with Gasteiger partial charge in [0.25, 0.3) is 15.9 Å². The Balaban J connectivity index is 1.90. The highest BCUT2D eigenvalue weighted by molar-refractivity contribution is 7.92. The Labute approximate surface area is 171 Å². The van der Waals surface area contributed by atoms with Crippen LogP contribution in [0.2, 0.25) is 0 Å². The second-order valence-electron chi connectivity index (χ2n) is 6.92. The Morgan fingerprint density at radius 3 is 2.41 bits per heavy atom. The second-order valence-corrected chi connectivity index (χ2v) is 8.57. The van der Waals surface area contributed by atoms with Crippen LogP contribution in [-0.2, 0) is 16.4 Å². The van der Waals surface area contributed by atoms with Crippen molar-refractivity contribution in [3.05, 3.63) is 89.0 Å². The smallest absolute Gasteiger partial charge is 0.262 e. The zero-order valence-corrected chi connectivity index (χ0v) is 17.5. The van der Waals surface area contributed by atoms with Crippen molar-refractivity contribution in [2.75, 3.05) is 10.0 Å². The fourth-order valence-electron chi connectivity index (χ4n) is 3.09. The van der Waals surface area contributed by atoms with Crippen molar-refractivity contribution >= 4 is 27.3 Å². The molecule has 0 radical (unpaired) electrons. The zero-order chi connectivity index (χ0) is 21.0. The van der Waals surface area contributed by atoms with E-state index in [1.807, 2.05) is 44.2 Å². The summed E-state index contributed by atoms with van der Waals surface area (Å²) in [6, 6.07) is 19.4. The number of benzene rings is 3. The molecule has 3 rings (SSSR count). The molecule has 0 aliphatic heterocycles. The summed E-state index contributed by atoms with van der Waals surface area (Å²) in [4.78, 5) is 12.8. The van der Waals surface area contributed by atoms with Crippen molar-refractivity contribution in [1.29, 1.82) is 0 Å². The lowest BCUT2D eigenvalue weighted by Gasteiger charge is -2.13. The van der Waals surface area contributed by atoms with Gasteiger partial charge in [0.15, 0.2) is 0 Å². The number of sulfonamides is 1. The average Bonchev–Trinajstić information content (AvgIpc) is 2.68. The summed E-state index contributed by atoms with van der Waals surface area (Å²) in [5.74, 6) is -0.349. The maximum absolute atomic E-state index is 12.9. The number of carbonyl (C=O) groups excluding carboxylic acids is 1. The summed E-state index contributed by atoms with van der Waals surface area (Å²) < 4.78 is 28.4. The van der Waals surface area contributed by atoms with E-state index in [2.05, 4.69) is 10.0 Å². The Hall–Kier alpha value is -3.12. The molecule has 5 nitrogen and oxygen atoms in total. The molecule has 6 heteroatoms.